The Morgan fingerprint density at radius 2 is 2.26 bits per heavy atom. The molecule has 1 aliphatic rings. The highest BCUT2D eigenvalue weighted by molar-refractivity contribution is 5.84. The monoisotopic (exact) mass is 264 g/mol. The largest absolute Gasteiger partial charge is 0.465 e. The molecule has 1 saturated carbocycles. The van der Waals surface area contributed by atoms with Crippen molar-refractivity contribution in [3.63, 3.8) is 0 Å². The number of ether oxygens (including phenoxy) is 1. The lowest BCUT2D eigenvalue weighted by Gasteiger charge is -2.16. The summed E-state index contributed by atoms with van der Waals surface area (Å²) in [6.07, 6.45) is 10.1. The second-order valence-corrected chi connectivity index (χ2v) is 4.99. The Balaban J connectivity index is 2.41. The predicted molar refractivity (Wildman–Crippen MR) is 75.7 cm³/mol. The molecule has 106 valence electrons. The molecule has 2 atom stereocenters. The molecule has 0 saturated heterocycles. The van der Waals surface area contributed by atoms with Crippen LogP contribution in [0.15, 0.2) is 24.8 Å². The maximum Gasteiger partial charge on any atom is 0.306 e. The second kappa shape index (κ2) is 8.68. The average Bonchev–Trinajstić information content (AvgIpc) is 2.72. The first kappa shape index (κ1) is 15.7. The lowest BCUT2D eigenvalue weighted by atomic mass is 9.89. The summed E-state index contributed by atoms with van der Waals surface area (Å²) in [7, 11) is 0. The molecular formula is C16H24O3. The molecule has 0 radical (unpaired) electrons. The third-order valence-corrected chi connectivity index (χ3v) is 3.55. The normalized spacial score (nSPS) is 22.9. The van der Waals surface area contributed by atoms with E-state index in [4.69, 9.17) is 4.74 Å². The van der Waals surface area contributed by atoms with Gasteiger partial charge in [-0.3, -0.25) is 9.59 Å². The van der Waals surface area contributed by atoms with Gasteiger partial charge in [-0.2, -0.15) is 0 Å². The Morgan fingerprint density at radius 3 is 2.95 bits per heavy atom. The third-order valence-electron chi connectivity index (χ3n) is 3.55. The van der Waals surface area contributed by atoms with Gasteiger partial charge in [0, 0.05) is 18.8 Å². The van der Waals surface area contributed by atoms with Crippen molar-refractivity contribution in [3.8, 4) is 0 Å². The average molecular weight is 264 g/mol. The van der Waals surface area contributed by atoms with Gasteiger partial charge in [-0.1, -0.05) is 25.2 Å². The first-order valence-electron chi connectivity index (χ1n) is 7.13. The molecule has 0 aromatic carbocycles. The second-order valence-electron chi connectivity index (χ2n) is 4.99. The summed E-state index contributed by atoms with van der Waals surface area (Å²) in [5.74, 6) is 0.274. The van der Waals surface area contributed by atoms with Crippen LogP contribution in [-0.4, -0.2) is 18.4 Å². The lowest BCUT2D eigenvalue weighted by Crippen LogP contribution is -2.19. The molecule has 0 aromatic heterocycles. The number of ketones is 1. The van der Waals surface area contributed by atoms with E-state index in [1.54, 1.807) is 6.08 Å². The van der Waals surface area contributed by atoms with Gasteiger partial charge in [0.1, 0.15) is 5.78 Å². The van der Waals surface area contributed by atoms with Crippen molar-refractivity contribution in [1.82, 2.24) is 0 Å². The van der Waals surface area contributed by atoms with Crippen LogP contribution in [0.25, 0.3) is 0 Å². The van der Waals surface area contributed by atoms with Crippen molar-refractivity contribution in [3.05, 3.63) is 24.8 Å². The summed E-state index contributed by atoms with van der Waals surface area (Å²) in [6, 6.07) is 0. The molecular weight excluding hydrogens is 240 g/mol. The molecule has 0 aliphatic heterocycles. The predicted octanol–water partition coefficient (Wildman–Crippen LogP) is 3.45. The van der Waals surface area contributed by atoms with Gasteiger partial charge in [0.25, 0.3) is 0 Å². The van der Waals surface area contributed by atoms with Crippen molar-refractivity contribution in [2.24, 2.45) is 11.8 Å². The Hall–Kier alpha value is -1.38. The van der Waals surface area contributed by atoms with Crippen molar-refractivity contribution >= 4 is 11.8 Å². The van der Waals surface area contributed by atoms with Gasteiger partial charge in [0.05, 0.1) is 6.61 Å². The molecule has 0 heterocycles. The molecule has 0 aromatic rings. The van der Waals surface area contributed by atoms with Gasteiger partial charge in [-0.15, -0.1) is 6.58 Å². The molecule has 1 aliphatic carbocycles. The number of allylic oxidation sites excluding steroid dienone is 2. The molecule has 0 spiro atoms. The molecule has 0 bridgehead atoms. The molecule has 19 heavy (non-hydrogen) atoms. The smallest absolute Gasteiger partial charge is 0.306 e. The number of Topliss-reactive ketones (excluding diaryl/α,β-unsaturated/α-hetero) is 1. The van der Waals surface area contributed by atoms with Crippen molar-refractivity contribution in [1.29, 1.82) is 0 Å². The Bertz CT molecular complexity index is 344. The van der Waals surface area contributed by atoms with Crippen LogP contribution in [0.3, 0.4) is 0 Å². The number of carbonyl (C=O) groups is 2. The summed E-state index contributed by atoms with van der Waals surface area (Å²) >= 11 is 0. The number of esters is 1. The summed E-state index contributed by atoms with van der Waals surface area (Å²) in [4.78, 5) is 23.5. The zero-order chi connectivity index (χ0) is 14.1. The number of carbonyl (C=O) groups excluding carboxylic acids is 2. The number of hydrogen-bond donors (Lipinski definition) is 0. The van der Waals surface area contributed by atoms with E-state index in [9.17, 15) is 9.59 Å². The Labute approximate surface area is 115 Å². The van der Waals surface area contributed by atoms with Gasteiger partial charge in [0.15, 0.2) is 0 Å². The molecule has 1 fully saturated rings. The van der Waals surface area contributed by atoms with Crippen LogP contribution in [0.2, 0.25) is 0 Å². The van der Waals surface area contributed by atoms with E-state index < -0.39 is 0 Å². The minimum absolute atomic E-state index is 0.00903. The first-order chi connectivity index (χ1) is 9.19. The van der Waals surface area contributed by atoms with Crippen LogP contribution in [-0.2, 0) is 14.3 Å². The molecule has 3 nitrogen and oxygen atoms in total. The fourth-order valence-electron chi connectivity index (χ4n) is 2.48. The highest BCUT2D eigenvalue weighted by Gasteiger charge is 2.35. The summed E-state index contributed by atoms with van der Waals surface area (Å²) in [6.45, 7) is 6.04. The fourth-order valence-corrected chi connectivity index (χ4v) is 2.48. The van der Waals surface area contributed by atoms with E-state index in [0.717, 1.165) is 19.3 Å². The molecule has 0 N–H and O–H groups in total. The lowest BCUT2D eigenvalue weighted by molar-refractivity contribution is -0.144. The van der Waals surface area contributed by atoms with Crippen molar-refractivity contribution in [2.45, 2.75) is 45.4 Å². The zero-order valence-electron chi connectivity index (χ0n) is 11.8. The summed E-state index contributed by atoms with van der Waals surface area (Å²) in [5.41, 5.74) is 0. The standard InChI is InChI=1S/C16H24O3/c1-3-5-7-8-14-13(9-10-15(14)17)12-16(18)19-11-6-4-2/h4-5,7,13-14H,2-3,6,8-12H2,1H3. The molecule has 2 unspecified atom stereocenters. The minimum Gasteiger partial charge on any atom is -0.465 e. The van der Waals surface area contributed by atoms with Crippen LogP contribution < -0.4 is 0 Å². The van der Waals surface area contributed by atoms with E-state index in [0.29, 0.717) is 31.7 Å². The van der Waals surface area contributed by atoms with Gasteiger partial charge >= 0.3 is 5.97 Å². The Morgan fingerprint density at radius 1 is 1.47 bits per heavy atom. The van der Waals surface area contributed by atoms with Crippen LogP contribution in [0.4, 0.5) is 0 Å². The van der Waals surface area contributed by atoms with Gasteiger partial charge in [-0.05, 0) is 31.6 Å². The topological polar surface area (TPSA) is 43.4 Å². The summed E-state index contributed by atoms with van der Waals surface area (Å²) < 4.78 is 5.11. The van der Waals surface area contributed by atoms with Crippen LogP contribution in [0.5, 0.6) is 0 Å². The quantitative estimate of drug-likeness (QED) is 0.383. The SMILES string of the molecule is C=CCCOC(=O)CC1CCC(=O)C1CC=CCC. The highest BCUT2D eigenvalue weighted by atomic mass is 16.5. The van der Waals surface area contributed by atoms with Gasteiger partial charge in [-0.25, -0.2) is 0 Å². The van der Waals surface area contributed by atoms with E-state index in [2.05, 4.69) is 25.7 Å². The molecule has 1 rings (SSSR count). The van der Waals surface area contributed by atoms with E-state index in [1.165, 1.54) is 0 Å². The van der Waals surface area contributed by atoms with E-state index in [1.807, 2.05) is 0 Å². The maximum atomic E-state index is 11.8. The summed E-state index contributed by atoms with van der Waals surface area (Å²) in [5, 5.41) is 0. The fraction of sp³-hybridized carbons (Fsp3) is 0.625. The van der Waals surface area contributed by atoms with Gasteiger partial charge < -0.3 is 4.74 Å². The van der Waals surface area contributed by atoms with Crippen molar-refractivity contribution in [2.75, 3.05) is 6.61 Å². The molecule has 3 heteroatoms. The number of rotatable bonds is 8. The van der Waals surface area contributed by atoms with E-state index >= 15 is 0 Å². The van der Waals surface area contributed by atoms with Crippen LogP contribution in [0.1, 0.15) is 45.4 Å². The number of hydrogen-bond acceptors (Lipinski definition) is 3. The van der Waals surface area contributed by atoms with E-state index in [-0.39, 0.29) is 17.8 Å². The van der Waals surface area contributed by atoms with Crippen LogP contribution in [0, 0.1) is 11.8 Å². The van der Waals surface area contributed by atoms with Gasteiger partial charge in [0.2, 0.25) is 0 Å². The van der Waals surface area contributed by atoms with Crippen LogP contribution >= 0.6 is 0 Å². The maximum absolute atomic E-state index is 11.8. The Kier molecular flexibility index (Phi) is 7.16. The highest BCUT2D eigenvalue weighted by Crippen LogP contribution is 2.34. The van der Waals surface area contributed by atoms with Crippen molar-refractivity contribution < 1.29 is 14.3 Å². The zero-order valence-corrected chi connectivity index (χ0v) is 11.8. The minimum atomic E-state index is -0.189. The first-order valence-corrected chi connectivity index (χ1v) is 7.13. The molecule has 0 amide bonds. The third kappa shape index (κ3) is 5.41.